The normalized spacial score (nSPS) is 28.7. The van der Waals surface area contributed by atoms with Crippen molar-refractivity contribution in [2.24, 2.45) is 35.5 Å². The first-order valence-corrected chi connectivity index (χ1v) is 30.8. The number of nitrogens with zero attached hydrogens (tertiary/aromatic N) is 5. The van der Waals surface area contributed by atoms with Gasteiger partial charge >= 0.3 is 0 Å². The lowest BCUT2D eigenvalue weighted by Crippen LogP contribution is -2.22. The summed E-state index contributed by atoms with van der Waals surface area (Å²) in [7, 11) is -2.00. The molecule has 3 aromatic rings. The van der Waals surface area contributed by atoms with Crippen molar-refractivity contribution in [1.29, 1.82) is 0 Å². The summed E-state index contributed by atoms with van der Waals surface area (Å²) in [6.07, 6.45) is 29.5. The van der Waals surface area contributed by atoms with Crippen LogP contribution in [0.4, 0.5) is 0 Å². The Hall–Kier alpha value is -2.80. The second-order valence-corrected chi connectivity index (χ2v) is 33.5. The molecule has 0 amide bonds. The number of nitrogens with one attached hydrogen (secondary N) is 1. The van der Waals surface area contributed by atoms with Crippen molar-refractivity contribution >= 4 is 32.9 Å². The van der Waals surface area contributed by atoms with Crippen LogP contribution in [0.5, 0.6) is 0 Å². The Morgan fingerprint density at radius 3 is 1.64 bits per heavy atom. The Labute approximate surface area is 349 Å². The predicted octanol–water partition coefficient (Wildman–Crippen LogP) is 11.7. The molecule has 0 aliphatic heterocycles. The number of imidazole rings is 3. The monoisotopic (exact) mass is 819 g/mol. The van der Waals surface area contributed by atoms with E-state index in [0.29, 0.717) is 13.5 Å². The zero-order valence-corrected chi connectivity index (χ0v) is 38.4. The summed E-state index contributed by atoms with van der Waals surface area (Å²) in [5.41, 5.74) is 12.8. The largest absolute Gasteiger partial charge is 0.361 e. The molecule has 8 nitrogen and oxygen atoms in total. The van der Waals surface area contributed by atoms with Crippen molar-refractivity contribution < 1.29 is 9.47 Å². The molecule has 0 bridgehead atoms. The van der Waals surface area contributed by atoms with Crippen LogP contribution in [0.25, 0.3) is 16.7 Å². The molecule has 9 aliphatic rings. The average Bonchev–Trinajstić information content (AvgIpc) is 3.85. The second-order valence-electron chi connectivity index (χ2n) is 22.2. The molecular weight excluding hydrogens is 749 g/mol. The maximum atomic E-state index is 5.98. The van der Waals surface area contributed by atoms with E-state index in [4.69, 9.17) is 19.4 Å². The lowest BCUT2D eigenvalue weighted by molar-refractivity contribution is 0.0852. The minimum absolute atomic E-state index is 0.673. The third kappa shape index (κ3) is 9.40. The van der Waals surface area contributed by atoms with E-state index in [1.807, 2.05) is 19.0 Å². The summed E-state index contributed by atoms with van der Waals surface area (Å²) >= 11 is 0. The fraction of sp³-hybridized carbons (Fsp3) is 0.688. The number of hydrogen-bond acceptors (Lipinski definition) is 5. The number of aromatic nitrogens is 6. The molecule has 0 radical (unpaired) electrons. The van der Waals surface area contributed by atoms with Crippen LogP contribution >= 0.6 is 0 Å². The fourth-order valence-corrected chi connectivity index (χ4v) is 11.3. The molecule has 6 fully saturated rings. The standard InChI is InChI=1S/2C18H28N2OSi.C12H14N2/c1-22(2,3)7-6-21-12-20-11-19-17(18(20)13-4-5-13)16-9-14-8-15(14)10-16;1-22(2,3)7-6-21-12-20-11-19-17(13-4-5-13)18(20)16-9-14-8-15(14)10-16;1-2-7(1)11-12(14-6-13-11)10-4-8-3-9(8)5-10/h2*9,11,13-15H,4-8,10,12H2,1-3H3;4,6-9H,1-3,5H2,(H,13,14). The molecule has 0 saturated heterocycles. The number of allylic oxidation sites excluding steroid dienone is 6. The molecule has 1 N–H and O–H groups in total. The quantitative estimate of drug-likeness (QED) is 0.115. The van der Waals surface area contributed by atoms with Crippen molar-refractivity contribution in [3.05, 3.63) is 71.4 Å². The van der Waals surface area contributed by atoms with Gasteiger partial charge in [-0.1, -0.05) is 57.5 Å². The Bertz CT molecular complexity index is 2060. The SMILES string of the molecule is C1=C(c2nc[nH]c2C2CC2)CC2CC12.C[Si](C)(C)CCOCn1cnc(C2=CC3CC3C2)c1C1CC1.C[Si](C)(C)CCOCn1cnc(C2CC2)c1C1=CC2CC2C1. The molecule has 6 unspecified atom stereocenters. The van der Waals surface area contributed by atoms with Crippen LogP contribution in [-0.2, 0) is 22.9 Å². The van der Waals surface area contributed by atoms with Crippen LogP contribution in [0, 0.1) is 35.5 Å². The van der Waals surface area contributed by atoms with Gasteiger partial charge < -0.3 is 23.6 Å². The molecular formula is C48H70N6O2Si2. The van der Waals surface area contributed by atoms with Gasteiger partial charge in [-0.3, -0.25) is 0 Å². The van der Waals surface area contributed by atoms with Crippen LogP contribution in [-0.4, -0.2) is 58.4 Å². The maximum Gasteiger partial charge on any atom is 0.124 e. The molecule has 10 heteroatoms. The molecule has 3 aromatic heterocycles. The maximum absolute atomic E-state index is 5.98. The summed E-state index contributed by atoms with van der Waals surface area (Å²) in [6.45, 7) is 17.5. The Balaban J connectivity index is 0.000000108. The molecule has 9 aliphatic carbocycles. The summed E-state index contributed by atoms with van der Waals surface area (Å²) < 4.78 is 16.5. The van der Waals surface area contributed by atoms with Crippen LogP contribution in [0.15, 0.2) is 37.2 Å². The second kappa shape index (κ2) is 15.6. The first-order chi connectivity index (χ1) is 27.9. The van der Waals surface area contributed by atoms with E-state index in [1.165, 1.54) is 134 Å². The Morgan fingerprint density at radius 2 is 1.12 bits per heavy atom. The van der Waals surface area contributed by atoms with Gasteiger partial charge in [0.1, 0.15) is 13.5 Å². The van der Waals surface area contributed by atoms with Crippen LogP contribution < -0.4 is 0 Å². The van der Waals surface area contributed by atoms with Crippen molar-refractivity contribution in [3.8, 4) is 0 Å². The van der Waals surface area contributed by atoms with Gasteiger partial charge in [-0.15, -0.1) is 0 Å². The van der Waals surface area contributed by atoms with Gasteiger partial charge in [0.2, 0.25) is 0 Å². The Morgan fingerprint density at radius 1 is 0.603 bits per heavy atom. The van der Waals surface area contributed by atoms with Crippen LogP contribution in [0.1, 0.15) is 129 Å². The number of fused-ring (bicyclic) bond motifs is 3. The predicted molar refractivity (Wildman–Crippen MR) is 240 cm³/mol. The molecule has 0 spiro atoms. The third-order valence-corrected chi connectivity index (χ3v) is 17.7. The molecule has 3 heterocycles. The smallest absolute Gasteiger partial charge is 0.124 e. The first kappa shape index (κ1) is 39.3. The highest BCUT2D eigenvalue weighted by Gasteiger charge is 2.45. The van der Waals surface area contributed by atoms with Crippen LogP contribution in [0.3, 0.4) is 0 Å². The lowest BCUT2D eigenvalue weighted by atomic mass is 10.1. The third-order valence-electron chi connectivity index (χ3n) is 14.3. The van der Waals surface area contributed by atoms with E-state index in [0.717, 1.165) is 66.5 Å². The molecule has 12 rings (SSSR count). The molecule has 6 saturated carbocycles. The van der Waals surface area contributed by atoms with Crippen molar-refractivity contribution in [2.45, 2.75) is 160 Å². The summed E-state index contributed by atoms with van der Waals surface area (Å²) in [5.74, 6) is 7.77. The summed E-state index contributed by atoms with van der Waals surface area (Å²) in [5, 5.41) is 0. The van der Waals surface area contributed by atoms with E-state index < -0.39 is 16.1 Å². The molecule has 6 atom stereocenters. The van der Waals surface area contributed by atoms with Gasteiger partial charge in [0, 0.05) is 52.8 Å². The number of ether oxygens (including phenoxy) is 2. The topological polar surface area (TPSA) is 82.8 Å². The van der Waals surface area contributed by atoms with E-state index >= 15 is 0 Å². The van der Waals surface area contributed by atoms with Gasteiger partial charge in [0.15, 0.2) is 0 Å². The highest BCUT2D eigenvalue weighted by atomic mass is 28.3. The minimum atomic E-state index is -1.00. The first-order valence-electron chi connectivity index (χ1n) is 23.4. The highest BCUT2D eigenvalue weighted by Crippen LogP contribution is 2.56. The van der Waals surface area contributed by atoms with Gasteiger partial charge in [-0.2, -0.15) is 0 Å². The van der Waals surface area contributed by atoms with Gasteiger partial charge in [0.05, 0.1) is 47.5 Å². The summed E-state index contributed by atoms with van der Waals surface area (Å²) in [6, 6.07) is 2.47. The Kier molecular flexibility index (Phi) is 10.6. The van der Waals surface area contributed by atoms with Crippen molar-refractivity contribution in [2.75, 3.05) is 13.2 Å². The van der Waals surface area contributed by atoms with Crippen LogP contribution in [0.2, 0.25) is 51.4 Å². The van der Waals surface area contributed by atoms with Gasteiger partial charge in [-0.25, -0.2) is 15.0 Å². The number of hydrogen-bond donors (Lipinski definition) is 1. The number of H-pyrrole nitrogens is 1. The van der Waals surface area contributed by atoms with E-state index in [1.54, 1.807) is 5.57 Å². The van der Waals surface area contributed by atoms with Gasteiger partial charge in [-0.05, 0) is 141 Å². The van der Waals surface area contributed by atoms with E-state index in [2.05, 4.69) is 76.6 Å². The molecule has 58 heavy (non-hydrogen) atoms. The molecule has 0 aromatic carbocycles. The molecule has 312 valence electrons. The van der Waals surface area contributed by atoms with Gasteiger partial charge in [0.25, 0.3) is 0 Å². The average molecular weight is 819 g/mol. The van der Waals surface area contributed by atoms with E-state index in [-0.39, 0.29) is 0 Å². The zero-order valence-electron chi connectivity index (χ0n) is 36.4. The fourth-order valence-electron chi connectivity index (χ4n) is 9.84. The van der Waals surface area contributed by atoms with E-state index in [9.17, 15) is 0 Å². The lowest BCUT2D eigenvalue weighted by Gasteiger charge is -2.17. The summed E-state index contributed by atoms with van der Waals surface area (Å²) in [4.78, 5) is 17.3. The minimum Gasteiger partial charge on any atom is -0.361 e. The highest BCUT2D eigenvalue weighted by molar-refractivity contribution is 6.76. The number of aromatic amines is 1. The van der Waals surface area contributed by atoms with Crippen molar-refractivity contribution in [3.63, 3.8) is 0 Å². The zero-order chi connectivity index (χ0) is 39.8. The van der Waals surface area contributed by atoms with Crippen molar-refractivity contribution in [1.82, 2.24) is 29.1 Å². The number of rotatable bonds is 16.